The van der Waals surface area contributed by atoms with Crippen molar-refractivity contribution in [1.29, 1.82) is 0 Å². The van der Waals surface area contributed by atoms with E-state index in [4.69, 9.17) is 10.3 Å². The highest BCUT2D eigenvalue weighted by molar-refractivity contribution is 5.99. The lowest BCUT2D eigenvalue weighted by Crippen LogP contribution is -2.45. The van der Waals surface area contributed by atoms with Crippen molar-refractivity contribution in [1.82, 2.24) is 10.2 Å². The van der Waals surface area contributed by atoms with Crippen molar-refractivity contribution in [2.24, 2.45) is 10.5 Å². The van der Waals surface area contributed by atoms with Crippen LogP contribution in [0.4, 0.5) is 8.78 Å². The fourth-order valence-electron chi connectivity index (χ4n) is 4.90. The van der Waals surface area contributed by atoms with Crippen molar-refractivity contribution >= 4 is 17.8 Å². The number of nitrogens with one attached hydrogen (secondary N) is 1. The van der Waals surface area contributed by atoms with Gasteiger partial charge in [0.25, 0.3) is 11.8 Å². The number of carbonyl (C=O) groups excluding carboxylic acids is 2. The van der Waals surface area contributed by atoms with Gasteiger partial charge in [-0.3, -0.25) is 9.59 Å². The highest BCUT2D eigenvalue weighted by atomic mass is 19.3. The number of aliphatic carboxylic acids is 1. The first kappa shape index (κ1) is 26.1. The van der Waals surface area contributed by atoms with Crippen LogP contribution in [0, 0.1) is 5.41 Å². The van der Waals surface area contributed by atoms with Gasteiger partial charge in [-0.25, -0.2) is 4.79 Å². The average Bonchev–Trinajstić information content (AvgIpc) is 3.35. The van der Waals surface area contributed by atoms with Crippen molar-refractivity contribution in [2.45, 2.75) is 25.3 Å². The van der Waals surface area contributed by atoms with Crippen molar-refractivity contribution < 1.29 is 33.0 Å². The third-order valence-electron chi connectivity index (χ3n) is 6.64. The minimum absolute atomic E-state index is 0.102. The Balaban J connectivity index is 1.41. The molecule has 2 atom stereocenters. The van der Waals surface area contributed by atoms with Gasteiger partial charge >= 0.3 is 5.97 Å². The van der Waals surface area contributed by atoms with E-state index in [-0.39, 0.29) is 55.0 Å². The van der Waals surface area contributed by atoms with Gasteiger partial charge in [-0.15, -0.1) is 0 Å². The first-order valence-corrected chi connectivity index (χ1v) is 11.6. The van der Waals surface area contributed by atoms with Crippen LogP contribution in [-0.4, -0.2) is 66.7 Å². The molecule has 194 valence electrons. The number of alkyl halides is 2. The van der Waals surface area contributed by atoms with Crippen LogP contribution in [0.1, 0.15) is 34.8 Å². The highest BCUT2D eigenvalue weighted by Crippen LogP contribution is 2.50. The molecule has 2 aromatic rings. The molecule has 1 aliphatic heterocycles. The van der Waals surface area contributed by atoms with Crippen molar-refractivity contribution in [3.8, 4) is 11.1 Å². The molecule has 0 spiro atoms. The monoisotopic (exact) mass is 513 g/mol. The minimum Gasteiger partial charge on any atom is -0.480 e. The van der Waals surface area contributed by atoms with E-state index in [1.165, 1.54) is 35.2 Å². The number of carboxylic acid groups (broad SMARTS) is 1. The summed E-state index contributed by atoms with van der Waals surface area (Å²) in [5, 5.41) is 15.5. The fraction of sp³-hybridized carbons (Fsp3) is 0.400. The summed E-state index contributed by atoms with van der Waals surface area (Å²) in [5.74, 6) is -5.57. The van der Waals surface area contributed by atoms with E-state index in [1.807, 2.05) is 0 Å². The summed E-state index contributed by atoms with van der Waals surface area (Å²) in [6, 6.07) is 8.85. The van der Waals surface area contributed by atoms with Crippen LogP contribution in [0.5, 0.6) is 0 Å². The number of carbonyl (C=O) groups is 3. The Kier molecular flexibility index (Phi) is 7.15. The number of halogens is 2. The van der Waals surface area contributed by atoms with Crippen LogP contribution in [0.2, 0.25) is 0 Å². The Labute approximate surface area is 210 Å². The topological polar surface area (TPSA) is 145 Å². The summed E-state index contributed by atoms with van der Waals surface area (Å²) in [6.45, 7) is 1.90. The van der Waals surface area contributed by atoms with Gasteiger partial charge in [0.15, 0.2) is 0 Å². The van der Waals surface area contributed by atoms with Crippen molar-refractivity contribution in [3.63, 3.8) is 0 Å². The van der Waals surface area contributed by atoms with Gasteiger partial charge in [0.2, 0.25) is 5.91 Å². The third kappa shape index (κ3) is 5.11. The maximum Gasteiger partial charge on any atom is 0.326 e. The molecule has 2 aliphatic rings. The number of rotatable bonds is 9. The summed E-state index contributed by atoms with van der Waals surface area (Å²) in [5.41, 5.74) is 8.05. The van der Waals surface area contributed by atoms with Gasteiger partial charge in [0.05, 0.1) is 19.8 Å². The molecular weight excluding hydrogens is 488 g/mol. The van der Waals surface area contributed by atoms with Crippen LogP contribution >= 0.6 is 0 Å². The van der Waals surface area contributed by atoms with Gasteiger partial charge in [-0.1, -0.05) is 42.4 Å². The number of hydrogen-bond donors (Lipinski definition) is 2. The zero-order valence-corrected chi connectivity index (χ0v) is 20.0. The Morgan fingerprint density at radius 1 is 1.22 bits per heavy atom. The number of nitrogens with zero attached hydrogens (tertiary/aromatic N) is 4. The molecular formula is C25H25F2N5O5. The Hall–Kier alpha value is -4.02. The number of carboxylic acids is 1. The van der Waals surface area contributed by atoms with Gasteiger partial charge in [-0.2, -0.15) is 8.78 Å². The number of fused-ring (bicyclic) bond motifs is 3. The molecule has 2 amide bonds. The van der Waals surface area contributed by atoms with Gasteiger partial charge in [-0.05, 0) is 35.2 Å². The number of azide groups is 1. The molecule has 0 saturated carbocycles. The fourth-order valence-corrected chi connectivity index (χ4v) is 4.90. The summed E-state index contributed by atoms with van der Waals surface area (Å²) < 4.78 is 35.0. The van der Waals surface area contributed by atoms with E-state index in [0.717, 1.165) is 0 Å². The second kappa shape index (κ2) is 10.2. The summed E-state index contributed by atoms with van der Waals surface area (Å²) >= 11 is 0. The Morgan fingerprint density at radius 3 is 2.68 bits per heavy atom. The summed E-state index contributed by atoms with van der Waals surface area (Å²) in [7, 11) is 0. The molecule has 4 rings (SSSR count). The van der Waals surface area contributed by atoms with Crippen molar-refractivity contribution in [2.75, 3.05) is 32.8 Å². The zero-order chi connectivity index (χ0) is 26.8. The largest absolute Gasteiger partial charge is 0.480 e. The number of hydrogen-bond acceptors (Lipinski definition) is 5. The predicted molar refractivity (Wildman–Crippen MR) is 128 cm³/mol. The maximum absolute atomic E-state index is 14.8. The lowest BCUT2D eigenvalue weighted by atomic mass is 9.89. The van der Waals surface area contributed by atoms with E-state index < -0.39 is 41.7 Å². The quantitative estimate of drug-likeness (QED) is 0.228. The SMILES string of the molecule is C[C@]1(COCCN=[N+]=[N-])C[C@@H](C(=O)O)N(C(=O)CNC(=O)c2ccc3c(c2)-c2ccccc2C3(F)F)C1. The van der Waals surface area contributed by atoms with Gasteiger partial charge in [0.1, 0.15) is 6.04 Å². The third-order valence-corrected chi connectivity index (χ3v) is 6.64. The molecule has 0 unspecified atom stereocenters. The van der Waals surface area contributed by atoms with Crippen LogP contribution in [-0.2, 0) is 20.2 Å². The number of benzene rings is 2. The van der Waals surface area contributed by atoms with E-state index in [2.05, 4.69) is 15.3 Å². The first-order valence-electron chi connectivity index (χ1n) is 11.6. The standard InChI is InChI=1S/C25H25F2N5O5/c1-24(14-37-9-8-30-31-28)11-20(23(35)36)32(13-24)21(33)12-29-22(34)15-6-7-19-17(10-15)16-4-2-3-5-18(16)25(19,26)27/h2-7,10,20H,8-9,11-14H2,1H3,(H,29,34)(H,35,36)/t20-,24-/m0/s1. The number of ether oxygens (including phenoxy) is 1. The van der Waals surface area contributed by atoms with Gasteiger partial charge < -0.3 is 20.1 Å². The number of amides is 2. The van der Waals surface area contributed by atoms with Crippen LogP contribution in [0.3, 0.4) is 0 Å². The smallest absolute Gasteiger partial charge is 0.326 e. The molecule has 0 bridgehead atoms. The van der Waals surface area contributed by atoms with Crippen LogP contribution < -0.4 is 5.32 Å². The zero-order valence-electron chi connectivity index (χ0n) is 20.0. The van der Waals surface area contributed by atoms with Crippen LogP contribution in [0.25, 0.3) is 21.6 Å². The maximum atomic E-state index is 14.8. The van der Waals surface area contributed by atoms with E-state index in [9.17, 15) is 28.3 Å². The highest BCUT2D eigenvalue weighted by Gasteiger charge is 2.47. The summed E-state index contributed by atoms with van der Waals surface area (Å²) in [6.07, 6.45) is 0.155. The molecule has 1 aliphatic carbocycles. The second-order valence-corrected chi connectivity index (χ2v) is 9.46. The molecule has 1 saturated heterocycles. The molecule has 37 heavy (non-hydrogen) atoms. The van der Waals surface area contributed by atoms with Crippen molar-refractivity contribution in [3.05, 3.63) is 69.6 Å². The first-order chi connectivity index (χ1) is 17.6. The Morgan fingerprint density at radius 2 is 1.95 bits per heavy atom. The molecule has 12 heteroatoms. The van der Waals surface area contributed by atoms with E-state index >= 15 is 0 Å². The van der Waals surface area contributed by atoms with Crippen LogP contribution in [0.15, 0.2) is 47.6 Å². The molecule has 10 nitrogen and oxygen atoms in total. The number of likely N-dealkylation sites (tertiary alicyclic amines) is 1. The van der Waals surface area contributed by atoms with Gasteiger partial charge in [0, 0.05) is 40.1 Å². The lowest BCUT2D eigenvalue weighted by Gasteiger charge is -2.24. The summed E-state index contributed by atoms with van der Waals surface area (Å²) in [4.78, 5) is 41.3. The Bertz CT molecular complexity index is 1300. The molecule has 1 fully saturated rings. The molecule has 0 aromatic heterocycles. The predicted octanol–water partition coefficient (Wildman–Crippen LogP) is 3.56. The molecule has 2 aromatic carbocycles. The molecule has 0 radical (unpaired) electrons. The normalized spacial score (nSPS) is 21.1. The second-order valence-electron chi connectivity index (χ2n) is 9.46. The average molecular weight is 514 g/mol. The van der Waals surface area contributed by atoms with E-state index in [1.54, 1.807) is 19.1 Å². The minimum atomic E-state index is -3.17. The lowest BCUT2D eigenvalue weighted by molar-refractivity contribution is -0.147. The molecule has 1 heterocycles. The molecule has 2 N–H and O–H groups in total. The van der Waals surface area contributed by atoms with E-state index in [0.29, 0.717) is 5.56 Å².